The van der Waals surface area contributed by atoms with Crippen LogP contribution in [0.3, 0.4) is 0 Å². The molecule has 1 N–H and O–H groups in total. The van der Waals surface area contributed by atoms with Crippen molar-refractivity contribution in [3.63, 3.8) is 0 Å². The molecule has 0 spiro atoms. The van der Waals surface area contributed by atoms with Crippen LogP contribution >= 0.6 is 15.9 Å². The van der Waals surface area contributed by atoms with Crippen molar-refractivity contribution >= 4 is 27.5 Å². The number of halogens is 1. The van der Waals surface area contributed by atoms with Crippen molar-refractivity contribution in [1.82, 2.24) is 0 Å². The number of carbonyl (C=O) groups is 1. The predicted molar refractivity (Wildman–Crippen MR) is 93.8 cm³/mol. The fraction of sp³-hybridized carbons (Fsp3) is 0.278. The third-order valence-electron chi connectivity index (χ3n) is 3.76. The van der Waals surface area contributed by atoms with Crippen LogP contribution in [0.4, 0.5) is 5.69 Å². The summed E-state index contributed by atoms with van der Waals surface area (Å²) in [7, 11) is 1.56. The van der Waals surface area contributed by atoms with Gasteiger partial charge >= 0.3 is 0 Å². The molecule has 4 heteroatoms. The number of benzene rings is 2. The summed E-state index contributed by atoms with van der Waals surface area (Å²) in [5, 5.41) is 3.00. The predicted octanol–water partition coefficient (Wildman–Crippen LogP) is 5.22. The summed E-state index contributed by atoms with van der Waals surface area (Å²) < 4.78 is 6.12. The van der Waals surface area contributed by atoms with Crippen LogP contribution in [0.25, 0.3) is 0 Å². The first kappa shape index (κ1) is 16.6. The number of hydrogen-bond acceptors (Lipinski definition) is 2. The summed E-state index contributed by atoms with van der Waals surface area (Å²) in [6.45, 7) is 4.30. The highest BCUT2D eigenvalue weighted by molar-refractivity contribution is 9.10. The Morgan fingerprint density at radius 3 is 2.68 bits per heavy atom. The van der Waals surface area contributed by atoms with Crippen LogP contribution in [-0.2, 0) is 0 Å². The number of rotatable bonds is 5. The number of anilines is 1. The maximum Gasteiger partial charge on any atom is 0.259 e. The zero-order valence-corrected chi connectivity index (χ0v) is 14.6. The van der Waals surface area contributed by atoms with E-state index >= 15 is 0 Å². The van der Waals surface area contributed by atoms with E-state index in [1.807, 2.05) is 24.3 Å². The second-order valence-corrected chi connectivity index (χ2v) is 6.11. The molecule has 1 atom stereocenters. The van der Waals surface area contributed by atoms with Crippen LogP contribution in [0, 0.1) is 0 Å². The summed E-state index contributed by atoms with van der Waals surface area (Å²) in [5.74, 6) is 0.775. The van der Waals surface area contributed by atoms with E-state index in [4.69, 9.17) is 4.74 Å². The van der Waals surface area contributed by atoms with Gasteiger partial charge in [0.1, 0.15) is 5.75 Å². The number of hydrogen-bond donors (Lipinski definition) is 1. The summed E-state index contributed by atoms with van der Waals surface area (Å²) in [6.07, 6.45) is 1.02. The van der Waals surface area contributed by atoms with E-state index in [1.54, 1.807) is 19.2 Å². The molecular formula is C18H20BrNO2. The van der Waals surface area contributed by atoms with Crippen molar-refractivity contribution in [2.24, 2.45) is 0 Å². The smallest absolute Gasteiger partial charge is 0.259 e. The minimum Gasteiger partial charge on any atom is -0.496 e. The lowest BCUT2D eigenvalue weighted by atomic mass is 9.96. The topological polar surface area (TPSA) is 38.3 Å². The quantitative estimate of drug-likeness (QED) is 0.792. The Balaban J connectivity index is 2.32. The third-order valence-corrected chi connectivity index (χ3v) is 4.25. The molecule has 2 rings (SSSR count). The van der Waals surface area contributed by atoms with Crippen LogP contribution in [0.5, 0.6) is 5.75 Å². The highest BCUT2D eigenvalue weighted by atomic mass is 79.9. The van der Waals surface area contributed by atoms with E-state index < -0.39 is 0 Å². The number of methoxy groups -OCH3 is 1. The molecular weight excluding hydrogens is 342 g/mol. The molecule has 1 unspecified atom stereocenters. The minimum absolute atomic E-state index is 0.172. The number of ether oxygens (including phenoxy) is 1. The zero-order valence-electron chi connectivity index (χ0n) is 13.0. The van der Waals surface area contributed by atoms with Gasteiger partial charge in [0.15, 0.2) is 0 Å². The third kappa shape index (κ3) is 3.69. The highest BCUT2D eigenvalue weighted by Gasteiger charge is 2.16. The second kappa shape index (κ2) is 7.45. The molecule has 3 nitrogen and oxygen atoms in total. The summed E-state index contributed by atoms with van der Waals surface area (Å²) in [5.41, 5.74) is 2.51. The maximum absolute atomic E-state index is 12.6. The van der Waals surface area contributed by atoms with Gasteiger partial charge in [0.25, 0.3) is 5.91 Å². The Hall–Kier alpha value is -1.81. The minimum atomic E-state index is -0.172. The first-order chi connectivity index (χ1) is 10.6. The fourth-order valence-corrected chi connectivity index (χ4v) is 2.67. The molecule has 0 fully saturated rings. The van der Waals surface area contributed by atoms with Crippen LogP contribution in [-0.4, -0.2) is 13.0 Å². The van der Waals surface area contributed by atoms with Crippen molar-refractivity contribution < 1.29 is 9.53 Å². The Morgan fingerprint density at radius 1 is 1.27 bits per heavy atom. The van der Waals surface area contributed by atoms with Gasteiger partial charge in [0.05, 0.1) is 12.7 Å². The van der Waals surface area contributed by atoms with Gasteiger partial charge in [-0.3, -0.25) is 4.79 Å². The van der Waals surface area contributed by atoms with Crippen molar-refractivity contribution in [3.8, 4) is 5.75 Å². The first-order valence-electron chi connectivity index (χ1n) is 7.30. The molecule has 0 radical (unpaired) electrons. The van der Waals surface area contributed by atoms with Gasteiger partial charge in [-0.05, 0) is 42.2 Å². The maximum atomic E-state index is 12.6. The lowest BCUT2D eigenvalue weighted by molar-refractivity contribution is 0.102. The summed E-state index contributed by atoms with van der Waals surface area (Å²) >= 11 is 3.39. The Bertz CT molecular complexity index is 670. The molecule has 22 heavy (non-hydrogen) atoms. The van der Waals surface area contributed by atoms with Gasteiger partial charge in [0, 0.05) is 10.2 Å². The average molecular weight is 362 g/mol. The molecule has 0 saturated carbocycles. The molecule has 0 heterocycles. The number of carbonyl (C=O) groups excluding carboxylic acids is 1. The SMILES string of the molecule is CCC(C)c1ccccc1NC(=O)c1cc(Br)ccc1OC. The summed E-state index contributed by atoms with van der Waals surface area (Å²) in [6, 6.07) is 13.3. The van der Waals surface area contributed by atoms with Crippen molar-refractivity contribution in [3.05, 3.63) is 58.1 Å². The van der Waals surface area contributed by atoms with Crippen LogP contribution in [0.2, 0.25) is 0 Å². The van der Waals surface area contributed by atoms with Crippen LogP contribution in [0.15, 0.2) is 46.9 Å². The average Bonchev–Trinajstić information content (AvgIpc) is 2.54. The highest BCUT2D eigenvalue weighted by Crippen LogP contribution is 2.28. The van der Waals surface area contributed by atoms with Crippen LogP contribution < -0.4 is 10.1 Å². The molecule has 0 bridgehead atoms. The van der Waals surface area contributed by atoms with Crippen LogP contribution in [0.1, 0.15) is 42.1 Å². The monoisotopic (exact) mass is 361 g/mol. The number of para-hydroxylation sites is 1. The molecule has 2 aromatic carbocycles. The number of nitrogens with one attached hydrogen (secondary N) is 1. The van der Waals surface area contributed by atoms with Crippen molar-refractivity contribution in [2.45, 2.75) is 26.2 Å². The number of amides is 1. The molecule has 0 saturated heterocycles. The molecule has 0 aliphatic rings. The normalized spacial score (nSPS) is 11.8. The standard InChI is InChI=1S/C18H20BrNO2/c1-4-12(2)14-7-5-6-8-16(14)20-18(21)15-11-13(19)9-10-17(15)22-3/h5-12H,4H2,1-3H3,(H,20,21). The molecule has 2 aromatic rings. The Kier molecular flexibility index (Phi) is 5.61. The molecule has 0 aromatic heterocycles. The fourth-order valence-electron chi connectivity index (χ4n) is 2.31. The Labute approximate surface area is 139 Å². The van der Waals surface area contributed by atoms with E-state index in [-0.39, 0.29) is 5.91 Å². The van der Waals surface area contributed by atoms with Gasteiger partial charge in [-0.15, -0.1) is 0 Å². The van der Waals surface area contributed by atoms with Gasteiger partial charge < -0.3 is 10.1 Å². The van der Waals surface area contributed by atoms with Gasteiger partial charge in [-0.25, -0.2) is 0 Å². The van der Waals surface area contributed by atoms with Gasteiger partial charge in [0.2, 0.25) is 0 Å². The lowest BCUT2D eigenvalue weighted by Crippen LogP contribution is -2.15. The van der Waals surface area contributed by atoms with E-state index in [0.717, 1.165) is 22.1 Å². The van der Waals surface area contributed by atoms with E-state index in [2.05, 4.69) is 41.2 Å². The van der Waals surface area contributed by atoms with Gasteiger partial charge in [-0.1, -0.05) is 48.0 Å². The molecule has 1 amide bonds. The van der Waals surface area contributed by atoms with Crippen molar-refractivity contribution in [2.75, 3.05) is 12.4 Å². The zero-order chi connectivity index (χ0) is 16.1. The first-order valence-corrected chi connectivity index (χ1v) is 8.10. The second-order valence-electron chi connectivity index (χ2n) is 5.20. The molecule has 0 aliphatic carbocycles. The van der Waals surface area contributed by atoms with Crippen molar-refractivity contribution in [1.29, 1.82) is 0 Å². The van der Waals surface area contributed by atoms with E-state index in [0.29, 0.717) is 17.2 Å². The molecule has 116 valence electrons. The largest absolute Gasteiger partial charge is 0.496 e. The summed E-state index contributed by atoms with van der Waals surface area (Å²) in [4.78, 5) is 12.6. The van der Waals surface area contributed by atoms with E-state index in [9.17, 15) is 4.79 Å². The lowest BCUT2D eigenvalue weighted by Gasteiger charge is -2.16. The molecule has 0 aliphatic heterocycles. The van der Waals surface area contributed by atoms with Gasteiger partial charge in [-0.2, -0.15) is 0 Å². The van der Waals surface area contributed by atoms with E-state index in [1.165, 1.54) is 0 Å². The Morgan fingerprint density at radius 2 is 2.00 bits per heavy atom.